The summed E-state index contributed by atoms with van der Waals surface area (Å²) in [4.78, 5) is 4.28. The van der Waals surface area contributed by atoms with Crippen LogP contribution in [0.2, 0.25) is 5.02 Å². The predicted molar refractivity (Wildman–Crippen MR) is 108 cm³/mol. The summed E-state index contributed by atoms with van der Waals surface area (Å²) in [5.41, 5.74) is 1.17. The van der Waals surface area contributed by atoms with Crippen LogP contribution in [0.4, 0.5) is 0 Å². The molecule has 2 rings (SSSR count). The number of aliphatic imine (C=N–C) groups is 1. The molecule has 1 aromatic carbocycles. The number of hydrogen-bond acceptors (Lipinski definition) is 2. The van der Waals surface area contributed by atoms with E-state index < -0.39 is 0 Å². The maximum atomic E-state index is 6.09. The van der Waals surface area contributed by atoms with Gasteiger partial charge in [0.05, 0.1) is 6.10 Å². The Morgan fingerprint density at radius 3 is 2.78 bits per heavy atom. The lowest BCUT2D eigenvalue weighted by Gasteiger charge is -2.27. The fourth-order valence-electron chi connectivity index (χ4n) is 2.55. The first-order chi connectivity index (χ1) is 10.5. The predicted octanol–water partition coefficient (Wildman–Crippen LogP) is 3.58. The molecule has 1 heterocycles. The Bertz CT molecular complexity index is 516. The SMILES string of the molecule is CN=C(NCC1CCCO1)NCC(C)(C)c1cccc(Cl)c1.I. The van der Waals surface area contributed by atoms with Gasteiger partial charge < -0.3 is 15.4 Å². The third-order valence-electron chi connectivity index (χ3n) is 4.05. The smallest absolute Gasteiger partial charge is 0.191 e. The molecule has 0 aromatic heterocycles. The second kappa shape index (κ2) is 9.69. The molecule has 23 heavy (non-hydrogen) atoms. The highest BCUT2D eigenvalue weighted by Gasteiger charge is 2.21. The number of nitrogens with one attached hydrogen (secondary N) is 2. The van der Waals surface area contributed by atoms with Crippen molar-refractivity contribution in [3.63, 3.8) is 0 Å². The summed E-state index contributed by atoms with van der Waals surface area (Å²) in [7, 11) is 1.79. The molecule has 4 nitrogen and oxygen atoms in total. The fourth-order valence-corrected chi connectivity index (χ4v) is 2.74. The van der Waals surface area contributed by atoms with Gasteiger partial charge in [-0.15, -0.1) is 24.0 Å². The molecule has 1 aliphatic rings. The zero-order valence-corrected chi connectivity index (χ0v) is 17.2. The number of halogens is 2. The Labute approximate surface area is 161 Å². The molecule has 0 saturated carbocycles. The molecule has 2 N–H and O–H groups in total. The molecular formula is C17H27ClIN3O. The van der Waals surface area contributed by atoms with E-state index in [0.717, 1.165) is 43.5 Å². The Morgan fingerprint density at radius 2 is 2.17 bits per heavy atom. The summed E-state index contributed by atoms with van der Waals surface area (Å²) in [5.74, 6) is 0.811. The Balaban J connectivity index is 0.00000264. The van der Waals surface area contributed by atoms with Crippen molar-refractivity contribution in [2.45, 2.75) is 38.2 Å². The van der Waals surface area contributed by atoms with Gasteiger partial charge in [-0.05, 0) is 30.5 Å². The first kappa shape index (κ1) is 20.5. The lowest BCUT2D eigenvalue weighted by Crippen LogP contribution is -2.45. The van der Waals surface area contributed by atoms with Gasteiger partial charge in [-0.2, -0.15) is 0 Å². The molecule has 0 amide bonds. The number of guanidine groups is 1. The van der Waals surface area contributed by atoms with Crippen LogP contribution in [0.25, 0.3) is 0 Å². The van der Waals surface area contributed by atoms with E-state index in [9.17, 15) is 0 Å². The second-order valence-electron chi connectivity index (χ2n) is 6.34. The molecule has 1 aromatic rings. The minimum Gasteiger partial charge on any atom is -0.376 e. The van der Waals surface area contributed by atoms with Crippen molar-refractivity contribution >= 4 is 41.5 Å². The van der Waals surface area contributed by atoms with Gasteiger partial charge >= 0.3 is 0 Å². The zero-order valence-electron chi connectivity index (χ0n) is 14.1. The zero-order chi connectivity index (χ0) is 16.0. The second-order valence-corrected chi connectivity index (χ2v) is 6.77. The lowest BCUT2D eigenvalue weighted by molar-refractivity contribution is 0.114. The topological polar surface area (TPSA) is 45.7 Å². The first-order valence-corrected chi connectivity index (χ1v) is 8.21. The van der Waals surface area contributed by atoms with Crippen molar-refractivity contribution in [1.29, 1.82) is 0 Å². The average molecular weight is 452 g/mol. The van der Waals surface area contributed by atoms with Gasteiger partial charge in [-0.3, -0.25) is 4.99 Å². The molecule has 1 unspecified atom stereocenters. The van der Waals surface area contributed by atoms with Crippen LogP contribution in [0.15, 0.2) is 29.3 Å². The summed E-state index contributed by atoms with van der Waals surface area (Å²) in [6.07, 6.45) is 2.58. The van der Waals surface area contributed by atoms with E-state index in [-0.39, 0.29) is 29.4 Å². The van der Waals surface area contributed by atoms with Crippen molar-refractivity contribution < 1.29 is 4.74 Å². The van der Waals surface area contributed by atoms with Gasteiger partial charge in [0.2, 0.25) is 0 Å². The van der Waals surface area contributed by atoms with Crippen LogP contribution >= 0.6 is 35.6 Å². The highest BCUT2D eigenvalue weighted by atomic mass is 127. The summed E-state index contributed by atoms with van der Waals surface area (Å²) in [6, 6.07) is 8.02. The minimum absolute atomic E-state index is 0. The number of benzene rings is 1. The molecule has 130 valence electrons. The summed E-state index contributed by atoms with van der Waals surface area (Å²) >= 11 is 6.09. The Morgan fingerprint density at radius 1 is 1.39 bits per heavy atom. The highest BCUT2D eigenvalue weighted by molar-refractivity contribution is 14.0. The largest absolute Gasteiger partial charge is 0.376 e. The van der Waals surface area contributed by atoms with E-state index in [1.165, 1.54) is 5.56 Å². The van der Waals surface area contributed by atoms with Crippen LogP contribution in [0.1, 0.15) is 32.3 Å². The number of ether oxygens (including phenoxy) is 1. The fraction of sp³-hybridized carbons (Fsp3) is 0.588. The van der Waals surface area contributed by atoms with Crippen LogP contribution < -0.4 is 10.6 Å². The van der Waals surface area contributed by atoms with Crippen molar-refractivity contribution in [3.8, 4) is 0 Å². The molecule has 0 radical (unpaired) electrons. The maximum absolute atomic E-state index is 6.09. The lowest BCUT2D eigenvalue weighted by atomic mass is 9.84. The van der Waals surface area contributed by atoms with E-state index in [1.807, 2.05) is 18.2 Å². The van der Waals surface area contributed by atoms with Gasteiger partial charge in [0.25, 0.3) is 0 Å². The summed E-state index contributed by atoms with van der Waals surface area (Å²) in [6.45, 7) is 6.84. The molecule has 1 aliphatic heterocycles. The summed E-state index contributed by atoms with van der Waals surface area (Å²) < 4.78 is 5.62. The van der Waals surface area contributed by atoms with Gasteiger partial charge in [-0.1, -0.05) is 37.6 Å². The highest BCUT2D eigenvalue weighted by Crippen LogP contribution is 2.24. The van der Waals surface area contributed by atoms with Crippen LogP contribution in [0.5, 0.6) is 0 Å². The van der Waals surface area contributed by atoms with Gasteiger partial charge in [-0.25, -0.2) is 0 Å². The van der Waals surface area contributed by atoms with E-state index in [4.69, 9.17) is 16.3 Å². The molecule has 6 heteroatoms. The van der Waals surface area contributed by atoms with Crippen molar-refractivity contribution in [3.05, 3.63) is 34.9 Å². The van der Waals surface area contributed by atoms with Gasteiger partial charge in [0.1, 0.15) is 0 Å². The van der Waals surface area contributed by atoms with E-state index in [1.54, 1.807) is 7.05 Å². The molecule has 1 fully saturated rings. The van der Waals surface area contributed by atoms with E-state index >= 15 is 0 Å². The molecule has 0 aliphatic carbocycles. The van der Waals surface area contributed by atoms with Crippen LogP contribution in [-0.4, -0.2) is 38.8 Å². The Kier molecular flexibility index (Phi) is 8.64. The molecular weight excluding hydrogens is 425 g/mol. The maximum Gasteiger partial charge on any atom is 0.191 e. The third-order valence-corrected chi connectivity index (χ3v) is 4.28. The van der Waals surface area contributed by atoms with Crippen molar-refractivity contribution in [2.24, 2.45) is 4.99 Å². The minimum atomic E-state index is -0.0353. The third kappa shape index (κ3) is 6.47. The van der Waals surface area contributed by atoms with Crippen LogP contribution in [0.3, 0.4) is 0 Å². The van der Waals surface area contributed by atoms with E-state index in [0.29, 0.717) is 6.10 Å². The van der Waals surface area contributed by atoms with Crippen molar-refractivity contribution in [1.82, 2.24) is 10.6 Å². The van der Waals surface area contributed by atoms with Gasteiger partial charge in [0, 0.05) is 37.2 Å². The van der Waals surface area contributed by atoms with Crippen LogP contribution in [0, 0.1) is 0 Å². The monoisotopic (exact) mass is 451 g/mol. The normalized spacial score (nSPS) is 18.4. The molecule has 1 saturated heterocycles. The molecule has 0 bridgehead atoms. The Hall–Kier alpha value is -0.530. The van der Waals surface area contributed by atoms with Crippen molar-refractivity contribution in [2.75, 3.05) is 26.7 Å². The number of hydrogen-bond donors (Lipinski definition) is 2. The molecule has 1 atom stereocenters. The standard InChI is InChI=1S/C17H26ClN3O.HI/c1-17(2,13-6-4-7-14(18)10-13)12-21-16(19-3)20-11-15-8-5-9-22-15;/h4,6-7,10,15H,5,8-9,11-12H2,1-3H3,(H2,19,20,21);1H. The first-order valence-electron chi connectivity index (χ1n) is 7.83. The quantitative estimate of drug-likeness (QED) is 0.409. The van der Waals surface area contributed by atoms with Gasteiger partial charge in [0.15, 0.2) is 5.96 Å². The average Bonchev–Trinajstić information content (AvgIpc) is 3.01. The van der Waals surface area contributed by atoms with Crippen LogP contribution in [-0.2, 0) is 10.2 Å². The summed E-state index contributed by atoms with van der Waals surface area (Å²) in [5, 5.41) is 7.50. The number of rotatable bonds is 5. The van der Waals surface area contributed by atoms with E-state index in [2.05, 4.69) is 35.5 Å². The molecule has 0 spiro atoms. The number of nitrogens with zero attached hydrogens (tertiary/aromatic N) is 1.